The first-order valence-electron chi connectivity index (χ1n) is 6.09. The molecule has 0 fully saturated rings. The molecule has 0 saturated heterocycles. The summed E-state index contributed by atoms with van der Waals surface area (Å²) in [5.41, 5.74) is 0. The van der Waals surface area contributed by atoms with Gasteiger partial charge in [0.25, 0.3) is 5.91 Å². The van der Waals surface area contributed by atoms with Crippen molar-refractivity contribution in [1.29, 1.82) is 0 Å². The normalized spacial score (nSPS) is 11.9. The van der Waals surface area contributed by atoms with Gasteiger partial charge in [-0.1, -0.05) is 6.07 Å². The number of hydrogen-bond acceptors (Lipinski definition) is 5. The summed E-state index contributed by atoms with van der Waals surface area (Å²) in [7, 11) is 0. The summed E-state index contributed by atoms with van der Waals surface area (Å²) < 4.78 is 0. The molecule has 0 bridgehead atoms. The van der Waals surface area contributed by atoms with Gasteiger partial charge in [0, 0.05) is 11.1 Å². The van der Waals surface area contributed by atoms with Crippen molar-refractivity contribution in [1.82, 2.24) is 15.6 Å². The highest BCUT2D eigenvalue weighted by Crippen LogP contribution is 2.11. The zero-order valence-corrected chi connectivity index (χ0v) is 12.8. The first kappa shape index (κ1) is 14.7. The van der Waals surface area contributed by atoms with Crippen molar-refractivity contribution in [3.8, 4) is 0 Å². The minimum Gasteiger partial charge on any atom is -0.349 e. The second-order valence-corrected chi connectivity index (χ2v) is 6.50. The lowest BCUT2D eigenvalue weighted by molar-refractivity contribution is -0.122. The molecular formula is C13H15N3O2S2. The number of carbonyl (C=O) groups excluding carboxylic acids is 2. The van der Waals surface area contributed by atoms with Gasteiger partial charge < -0.3 is 10.6 Å². The maximum atomic E-state index is 11.9. The predicted octanol–water partition coefficient (Wildman–Crippen LogP) is 1.95. The number of amides is 2. The third kappa shape index (κ3) is 3.88. The van der Waals surface area contributed by atoms with Crippen LogP contribution in [0.2, 0.25) is 0 Å². The monoisotopic (exact) mass is 309 g/mol. The molecular weight excluding hydrogens is 294 g/mol. The van der Waals surface area contributed by atoms with Crippen LogP contribution in [0, 0.1) is 6.92 Å². The standard InChI is InChI=1S/C13H15N3O2S2/c1-8(16-13(18)11-4-3-5-19-11)12(17)15-7-10-6-14-9(2)20-10/h3-6,8H,7H2,1-2H3,(H,15,17)(H,16,18). The van der Waals surface area contributed by atoms with Gasteiger partial charge in [0.1, 0.15) is 6.04 Å². The number of aromatic nitrogens is 1. The van der Waals surface area contributed by atoms with E-state index in [1.54, 1.807) is 36.6 Å². The van der Waals surface area contributed by atoms with Gasteiger partial charge in [-0.25, -0.2) is 4.98 Å². The number of nitrogens with one attached hydrogen (secondary N) is 2. The Bertz CT molecular complexity index is 593. The molecule has 0 aromatic carbocycles. The van der Waals surface area contributed by atoms with Gasteiger partial charge in [-0.05, 0) is 25.3 Å². The average molecular weight is 309 g/mol. The van der Waals surface area contributed by atoms with Crippen molar-refractivity contribution >= 4 is 34.5 Å². The van der Waals surface area contributed by atoms with Crippen LogP contribution in [-0.4, -0.2) is 22.8 Å². The SMILES string of the molecule is Cc1ncc(CNC(=O)C(C)NC(=O)c2cccs2)s1. The number of carbonyl (C=O) groups is 2. The van der Waals surface area contributed by atoms with Crippen LogP contribution in [0.15, 0.2) is 23.7 Å². The number of aryl methyl sites for hydroxylation is 1. The van der Waals surface area contributed by atoms with Crippen molar-refractivity contribution < 1.29 is 9.59 Å². The summed E-state index contributed by atoms with van der Waals surface area (Å²) in [6.45, 7) is 4.02. The van der Waals surface area contributed by atoms with Crippen LogP contribution in [0.1, 0.15) is 26.5 Å². The van der Waals surface area contributed by atoms with Crippen LogP contribution in [0.4, 0.5) is 0 Å². The van der Waals surface area contributed by atoms with Crippen molar-refractivity contribution in [2.45, 2.75) is 26.4 Å². The minimum absolute atomic E-state index is 0.207. The topological polar surface area (TPSA) is 71.1 Å². The van der Waals surface area contributed by atoms with E-state index in [1.807, 2.05) is 12.3 Å². The zero-order valence-electron chi connectivity index (χ0n) is 11.2. The fourth-order valence-electron chi connectivity index (χ4n) is 1.56. The van der Waals surface area contributed by atoms with Gasteiger partial charge in [0.15, 0.2) is 0 Å². The molecule has 2 N–H and O–H groups in total. The largest absolute Gasteiger partial charge is 0.349 e. The van der Waals surface area contributed by atoms with E-state index in [4.69, 9.17) is 0 Å². The van der Waals surface area contributed by atoms with Crippen LogP contribution in [0.25, 0.3) is 0 Å². The summed E-state index contributed by atoms with van der Waals surface area (Å²) in [6, 6.07) is 2.96. The predicted molar refractivity (Wildman–Crippen MR) is 79.9 cm³/mol. The molecule has 106 valence electrons. The Morgan fingerprint density at radius 1 is 1.45 bits per heavy atom. The molecule has 0 aliphatic heterocycles. The quantitative estimate of drug-likeness (QED) is 0.887. The molecule has 5 nitrogen and oxygen atoms in total. The number of thiazole rings is 1. The van der Waals surface area contributed by atoms with Crippen molar-refractivity contribution in [2.24, 2.45) is 0 Å². The van der Waals surface area contributed by atoms with E-state index in [2.05, 4.69) is 15.6 Å². The zero-order chi connectivity index (χ0) is 14.5. The van der Waals surface area contributed by atoms with Gasteiger partial charge in [-0.15, -0.1) is 22.7 Å². The van der Waals surface area contributed by atoms with Gasteiger partial charge in [-0.2, -0.15) is 0 Å². The molecule has 2 heterocycles. The molecule has 2 rings (SSSR count). The van der Waals surface area contributed by atoms with E-state index in [0.29, 0.717) is 11.4 Å². The summed E-state index contributed by atoms with van der Waals surface area (Å²) in [6.07, 6.45) is 1.75. The molecule has 1 unspecified atom stereocenters. The average Bonchev–Trinajstić information content (AvgIpc) is 3.06. The maximum Gasteiger partial charge on any atom is 0.261 e. The molecule has 2 aromatic heterocycles. The lowest BCUT2D eigenvalue weighted by atomic mass is 10.3. The molecule has 20 heavy (non-hydrogen) atoms. The van der Waals surface area contributed by atoms with Gasteiger partial charge in [0.05, 0.1) is 16.4 Å². The third-order valence-corrected chi connectivity index (χ3v) is 4.37. The second kappa shape index (κ2) is 6.62. The van der Waals surface area contributed by atoms with Gasteiger partial charge in [-0.3, -0.25) is 9.59 Å². The molecule has 0 saturated carbocycles. The van der Waals surface area contributed by atoms with Crippen LogP contribution in [0.5, 0.6) is 0 Å². The lowest BCUT2D eigenvalue weighted by Crippen LogP contribution is -2.44. The molecule has 0 radical (unpaired) electrons. The maximum absolute atomic E-state index is 11.9. The van der Waals surface area contributed by atoms with Gasteiger partial charge in [0.2, 0.25) is 5.91 Å². The van der Waals surface area contributed by atoms with Crippen molar-refractivity contribution in [3.05, 3.63) is 38.5 Å². The van der Waals surface area contributed by atoms with E-state index in [-0.39, 0.29) is 11.8 Å². The van der Waals surface area contributed by atoms with Crippen LogP contribution in [0.3, 0.4) is 0 Å². The molecule has 0 spiro atoms. The Labute approximate surface area is 125 Å². The summed E-state index contributed by atoms with van der Waals surface area (Å²) in [5.74, 6) is -0.433. The highest BCUT2D eigenvalue weighted by Gasteiger charge is 2.16. The van der Waals surface area contributed by atoms with Crippen LogP contribution in [-0.2, 0) is 11.3 Å². The Morgan fingerprint density at radius 2 is 2.25 bits per heavy atom. The third-order valence-electron chi connectivity index (χ3n) is 2.59. The molecule has 0 aliphatic carbocycles. The Morgan fingerprint density at radius 3 is 2.85 bits per heavy atom. The van der Waals surface area contributed by atoms with Gasteiger partial charge >= 0.3 is 0 Å². The first-order chi connectivity index (χ1) is 9.56. The summed E-state index contributed by atoms with van der Waals surface area (Å²) >= 11 is 2.89. The molecule has 2 amide bonds. The van der Waals surface area contributed by atoms with Crippen LogP contribution < -0.4 is 10.6 Å². The fraction of sp³-hybridized carbons (Fsp3) is 0.308. The molecule has 2 aromatic rings. The highest BCUT2D eigenvalue weighted by molar-refractivity contribution is 7.12. The summed E-state index contributed by atoms with van der Waals surface area (Å²) in [4.78, 5) is 29.4. The smallest absolute Gasteiger partial charge is 0.261 e. The van der Waals surface area contributed by atoms with E-state index in [1.165, 1.54) is 11.3 Å². The van der Waals surface area contributed by atoms with Crippen molar-refractivity contribution in [3.63, 3.8) is 0 Å². The van der Waals surface area contributed by atoms with Crippen molar-refractivity contribution in [2.75, 3.05) is 0 Å². The lowest BCUT2D eigenvalue weighted by Gasteiger charge is -2.13. The highest BCUT2D eigenvalue weighted by atomic mass is 32.1. The fourth-order valence-corrected chi connectivity index (χ4v) is 2.92. The Balaban J connectivity index is 1.81. The molecule has 7 heteroatoms. The van der Waals surface area contributed by atoms with E-state index < -0.39 is 6.04 Å². The van der Waals surface area contributed by atoms with E-state index >= 15 is 0 Å². The number of hydrogen-bond donors (Lipinski definition) is 2. The Hall–Kier alpha value is -1.73. The second-order valence-electron chi connectivity index (χ2n) is 4.24. The molecule has 1 atom stereocenters. The number of nitrogens with zero attached hydrogens (tertiary/aromatic N) is 1. The first-order valence-corrected chi connectivity index (χ1v) is 7.79. The number of rotatable bonds is 5. The Kier molecular flexibility index (Phi) is 4.86. The van der Waals surface area contributed by atoms with E-state index in [0.717, 1.165) is 9.88 Å². The minimum atomic E-state index is -0.571. The van der Waals surface area contributed by atoms with Crippen LogP contribution >= 0.6 is 22.7 Å². The summed E-state index contributed by atoms with van der Waals surface area (Å²) in [5, 5.41) is 8.24. The molecule has 0 aliphatic rings. The van der Waals surface area contributed by atoms with E-state index in [9.17, 15) is 9.59 Å². The number of thiophene rings is 1.